The number of hydrogen-bond donors (Lipinski definition) is 4. The van der Waals surface area contributed by atoms with E-state index < -0.39 is 11.9 Å². The molecule has 2 aromatic rings. The van der Waals surface area contributed by atoms with Gasteiger partial charge >= 0.3 is 5.97 Å². The summed E-state index contributed by atoms with van der Waals surface area (Å²) in [5.41, 5.74) is 0.753. The van der Waals surface area contributed by atoms with E-state index in [0.717, 1.165) is 0 Å². The molecule has 0 fully saturated rings. The van der Waals surface area contributed by atoms with Gasteiger partial charge in [-0.3, -0.25) is 4.79 Å². The van der Waals surface area contributed by atoms with Crippen LogP contribution in [0.25, 0.3) is 0 Å². The summed E-state index contributed by atoms with van der Waals surface area (Å²) in [5.74, 6) is -2.42. The van der Waals surface area contributed by atoms with Crippen molar-refractivity contribution >= 4 is 17.6 Å². The molecule has 0 spiro atoms. The molecule has 21 heavy (non-hydrogen) atoms. The Kier molecular flexibility index (Phi) is 3.80. The van der Waals surface area contributed by atoms with Crippen LogP contribution in [-0.4, -0.2) is 27.2 Å². The number of carboxylic acids is 1. The minimum Gasteiger partial charge on any atom is -0.507 e. The monoisotopic (exact) mass is 287 g/mol. The lowest BCUT2D eigenvalue weighted by Crippen LogP contribution is -2.13. The summed E-state index contributed by atoms with van der Waals surface area (Å²) in [6.45, 7) is 1.61. The van der Waals surface area contributed by atoms with Crippen molar-refractivity contribution < 1.29 is 24.9 Å². The van der Waals surface area contributed by atoms with Crippen molar-refractivity contribution in [1.82, 2.24) is 0 Å². The number of phenols is 2. The largest absolute Gasteiger partial charge is 0.507 e. The van der Waals surface area contributed by atoms with Crippen LogP contribution in [0.5, 0.6) is 11.5 Å². The van der Waals surface area contributed by atoms with Gasteiger partial charge in [-0.2, -0.15) is 0 Å². The van der Waals surface area contributed by atoms with Gasteiger partial charge in [-0.1, -0.05) is 6.07 Å². The van der Waals surface area contributed by atoms with Gasteiger partial charge in [-0.15, -0.1) is 0 Å². The highest BCUT2D eigenvalue weighted by molar-refractivity contribution is 6.08. The number of anilines is 1. The third kappa shape index (κ3) is 2.94. The predicted octanol–water partition coefficient (Wildman–Crippen LogP) is 2.36. The SMILES string of the molecule is Cc1cc(NC(=O)c2c(O)cccc2O)ccc1C(=O)O. The normalized spacial score (nSPS) is 10.1. The van der Waals surface area contributed by atoms with Crippen molar-refractivity contribution in [2.24, 2.45) is 0 Å². The molecule has 0 aliphatic heterocycles. The standard InChI is InChI=1S/C15H13NO5/c1-8-7-9(5-6-10(8)15(20)21)16-14(19)13-11(17)3-2-4-12(13)18/h2-7,17-18H,1H3,(H,16,19)(H,20,21). The number of aromatic carboxylic acids is 1. The summed E-state index contributed by atoms with van der Waals surface area (Å²) in [5, 5.41) is 30.7. The second-order valence-corrected chi connectivity index (χ2v) is 4.46. The highest BCUT2D eigenvalue weighted by Gasteiger charge is 2.16. The Bertz CT molecular complexity index is 704. The van der Waals surface area contributed by atoms with Gasteiger partial charge in [0.25, 0.3) is 5.91 Å². The van der Waals surface area contributed by atoms with Gasteiger partial charge in [-0.05, 0) is 42.8 Å². The fraction of sp³-hybridized carbons (Fsp3) is 0.0667. The number of amides is 1. The van der Waals surface area contributed by atoms with Crippen LogP contribution >= 0.6 is 0 Å². The molecule has 0 atom stereocenters. The number of benzene rings is 2. The molecule has 2 aromatic carbocycles. The van der Waals surface area contributed by atoms with Crippen LogP contribution in [0.4, 0.5) is 5.69 Å². The molecule has 6 nitrogen and oxygen atoms in total. The molecule has 6 heteroatoms. The zero-order chi connectivity index (χ0) is 15.6. The Morgan fingerprint density at radius 3 is 2.19 bits per heavy atom. The van der Waals surface area contributed by atoms with E-state index in [9.17, 15) is 19.8 Å². The van der Waals surface area contributed by atoms with Gasteiger partial charge in [0.1, 0.15) is 17.1 Å². The van der Waals surface area contributed by atoms with Gasteiger partial charge in [0.2, 0.25) is 0 Å². The fourth-order valence-corrected chi connectivity index (χ4v) is 1.94. The first-order valence-electron chi connectivity index (χ1n) is 6.06. The van der Waals surface area contributed by atoms with Crippen molar-refractivity contribution in [2.45, 2.75) is 6.92 Å². The Balaban J connectivity index is 2.28. The van der Waals surface area contributed by atoms with Crippen LogP contribution in [0.15, 0.2) is 36.4 Å². The Morgan fingerprint density at radius 2 is 1.67 bits per heavy atom. The Morgan fingerprint density at radius 1 is 1.05 bits per heavy atom. The van der Waals surface area contributed by atoms with Gasteiger partial charge < -0.3 is 20.6 Å². The highest BCUT2D eigenvalue weighted by Crippen LogP contribution is 2.27. The molecule has 2 rings (SSSR count). The van der Waals surface area contributed by atoms with Crippen LogP contribution in [0.3, 0.4) is 0 Å². The summed E-state index contributed by atoms with van der Waals surface area (Å²) in [6, 6.07) is 8.29. The number of carbonyl (C=O) groups excluding carboxylic acids is 1. The van der Waals surface area contributed by atoms with Crippen molar-refractivity contribution in [3.8, 4) is 11.5 Å². The van der Waals surface area contributed by atoms with E-state index in [2.05, 4.69) is 5.32 Å². The summed E-state index contributed by atoms with van der Waals surface area (Å²) in [6.07, 6.45) is 0. The minimum atomic E-state index is -1.05. The van der Waals surface area contributed by atoms with Crippen LogP contribution in [0, 0.1) is 6.92 Å². The molecule has 0 aliphatic rings. The quantitative estimate of drug-likeness (QED) is 0.693. The number of rotatable bonds is 3. The van der Waals surface area contributed by atoms with E-state index in [-0.39, 0.29) is 22.6 Å². The first-order chi connectivity index (χ1) is 9.90. The molecule has 1 amide bonds. The van der Waals surface area contributed by atoms with Gasteiger partial charge in [0.05, 0.1) is 5.56 Å². The van der Waals surface area contributed by atoms with E-state index in [4.69, 9.17) is 5.11 Å². The number of aryl methyl sites for hydroxylation is 1. The third-order valence-corrected chi connectivity index (χ3v) is 2.96. The van der Waals surface area contributed by atoms with Crippen LogP contribution in [-0.2, 0) is 0 Å². The Labute approximate surface area is 120 Å². The molecule has 0 saturated heterocycles. The first-order valence-corrected chi connectivity index (χ1v) is 6.06. The molecular weight excluding hydrogens is 274 g/mol. The summed E-state index contributed by atoms with van der Waals surface area (Å²) in [4.78, 5) is 23.0. The van der Waals surface area contributed by atoms with Crippen LogP contribution in [0.1, 0.15) is 26.3 Å². The Hall–Kier alpha value is -3.02. The smallest absolute Gasteiger partial charge is 0.335 e. The maximum absolute atomic E-state index is 12.0. The van der Waals surface area contributed by atoms with Gasteiger partial charge in [-0.25, -0.2) is 4.79 Å². The van der Waals surface area contributed by atoms with Crippen LogP contribution in [0.2, 0.25) is 0 Å². The number of hydrogen-bond acceptors (Lipinski definition) is 4. The average molecular weight is 287 g/mol. The lowest BCUT2D eigenvalue weighted by atomic mass is 10.1. The molecule has 4 N–H and O–H groups in total. The van der Waals surface area contributed by atoms with E-state index >= 15 is 0 Å². The van der Waals surface area contributed by atoms with Crippen molar-refractivity contribution in [2.75, 3.05) is 5.32 Å². The van der Waals surface area contributed by atoms with Gasteiger partial charge in [0.15, 0.2) is 0 Å². The van der Waals surface area contributed by atoms with Crippen LogP contribution < -0.4 is 5.32 Å². The number of phenolic OH excluding ortho intramolecular Hbond substituents is 2. The summed E-state index contributed by atoms with van der Waals surface area (Å²) >= 11 is 0. The van der Waals surface area contributed by atoms with E-state index in [1.807, 2.05) is 0 Å². The topological polar surface area (TPSA) is 107 Å². The number of carboxylic acid groups (broad SMARTS) is 1. The molecule has 0 saturated carbocycles. The summed E-state index contributed by atoms with van der Waals surface area (Å²) in [7, 11) is 0. The molecule has 0 aromatic heterocycles. The average Bonchev–Trinajstić information content (AvgIpc) is 2.37. The second kappa shape index (κ2) is 5.54. The predicted molar refractivity (Wildman–Crippen MR) is 75.9 cm³/mol. The van der Waals surface area contributed by atoms with Crippen molar-refractivity contribution in [1.29, 1.82) is 0 Å². The first kappa shape index (κ1) is 14.4. The number of nitrogens with one attached hydrogen (secondary N) is 1. The fourth-order valence-electron chi connectivity index (χ4n) is 1.94. The molecular formula is C15H13NO5. The van der Waals surface area contributed by atoms with Crippen molar-refractivity contribution in [3.63, 3.8) is 0 Å². The molecule has 0 bridgehead atoms. The summed E-state index contributed by atoms with van der Waals surface area (Å²) < 4.78 is 0. The number of aromatic hydroxyl groups is 2. The molecule has 0 unspecified atom stereocenters. The molecule has 108 valence electrons. The van der Waals surface area contributed by atoms with E-state index in [0.29, 0.717) is 11.3 Å². The van der Waals surface area contributed by atoms with E-state index in [1.54, 1.807) is 6.92 Å². The zero-order valence-corrected chi connectivity index (χ0v) is 11.1. The zero-order valence-electron chi connectivity index (χ0n) is 11.1. The van der Waals surface area contributed by atoms with Gasteiger partial charge in [0, 0.05) is 5.69 Å². The lowest BCUT2D eigenvalue weighted by molar-refractivity contribution is 0.0696. The maximum atomic E-state index is 12.0. The maximum Gasteiger partial charge on any atom is 0.335 e. The second-order valence-electron chi connectivity index (χ2n) is 4.46. The third-order valence-electron chi connectivity index (χ3n) is 2.96. The number of carbonyl (C=O) groups is 2. The highest BCUT2D eigenvalue weighted by atomic mass is 16.4. The molecule has 0 radical (unpaired) electrons. The molecule has 0 aliphatic carbocycles. The lowest BCUT2D eigenvalue weighted by Gasteiger charge is -2.10. The van der Waals surface area contributed by atoms with E-state index in [1.165, 1.54) is 36.4 Å². The minimum absolute atomic E-state index is 0.137. The van der Waals surface area contributed by atoms with Crippen molar-refractivity contribution in [3.05, 3.63) is 53.1 Å². The molecule has 0 heterocycles.